The molecule has 4 aliphatic carbocycles. The average molecular weight is 369 g/mol. The first-order valence-corrected chi connectivity index (χ1v) is 11.3. The van der Waals surface area contributed by atoms with Gasteiger partial charge in [0.2, 0.25) is 5.91 Å². The minimum Gasteiger partial charge on any atom is -0.324 e. The summed E-state index contributed by atoms with van der Waals surface area (Å²) in [5.74, 6) is 3.44. The Bertz CT molecular complexity index is 681. The second-order valence-electron chi connectivity index (χ2n) is 7.95. The minimum atomic E-state index is -4.32. The molecule has 4 bridgehead atoms. The van der Waals surface area contributed by atoms with Gasteiger partial charge in [-0.25, -0.2) is 0 Å². The summed E-state index contributed by atoms with van der Waals surface area (Å²) in [6.07, 6.45) is 6.10. The van der Waals surface area contributed by atoms with Crippen molar-refractivity contribution in [3.05, 3.63) is 16.5 Å². The van der Waals surface area contributed by atoms with Crippen LogP contribution in [0.25, 0.3) is 0 Å². The highest BCUT2D eigenvalue weighted by Gasteiger charge is 2.49. The SMILES string of the molecule is Cc1sc(NC(=O)CP(=O)(O)O)cc1C1C2CC3CC(C2)CC1C3. The summed E-state index contributed by atoms with van der Waals surface area (Å²) in [5.41, 5.74) is 1.36. The molecule has 5 rings (SSSR count). The van der Waals surface area contributed by atoms with Crippen LogP contribution in [0, 0.1) is 30.6 Å². The summed E-state index contributed by atoms with van der Waals surface area (Å²) < 4.78 is 11.0. The van der Waals surface area contributed by atoms with Crippen molar-refractivity contribution >= 4 is 29.8 Å². The van der Waals surface area contributed by atoms with Gasteiger partial charge in [0.1, 0.15) is 6.16 Å². The van der Waals surface area contributed by atoms with Gasteiger partial charge in [-0.15, -0.1) is 11.3 Å². The van der Waals surface area contributed by atoms with Crippen molar-refractivity contribution in [2.45, 2.75) is 44.9 Å². The summed E-state index contributed by atoms with van der Waals surface area (Å²) in [4.78, 5) is 30.9. The number of nitrogens with one attached hydrogen (secondary N) is 1. The first-order chi connectivity index (χ1) is 11.3. The Kier molecular flexibility index (Phi) is 4.15. The van der Waals surface area contributed by atoms with Crippen molar-refractivity contribution < 1.29 is 19.1 Å². The standard InChI is InChI=1S/C17H24NO4PS/c1-9-14(7-16(24-9)18-15(19)8-23(20,21)22)17-12-3-10-2-11(5-12)6-13(17)4-10/h7,10-13,17H,2-6,8H2,1H3,(H,18,19)(H2,20,21,22). The molecule has 7 heteroatoms. The van der Waals surface area contributed by atoms with Crippen molar-refractivity contribution in [2.24, 2.45) is 23.7 Å². The highest BCUT2D eigenvalue weighted by molar-refractivity contribution is 7.52. The van der Waals surface area contributed by atoms with Gasteiger partial charge in [-0.2, -0.15) is 0 Å². The topological polar surface area (TPSA) is 86.6 Å². The first-order valence-electron chi connectivity index (χ1n) is 8.73. The fourth-order valence-electron chi connectivity index (χ4n) is 5.69. The molecule has 0 unspecified atom stereocenters. The second-order valence-corrected chi connectivity index (χ2v) is 10.9. The van der Waals surface area contributed by atoms with E-state index in [0.717, 1.165) is 28.7 Å². The zero-order valence-electron chi connectivity index (χ0n) is 13.8. The Morgan fingerprint density at radius 3 is 2.33 bits per heavy atom. The van der Waals surface area contributed by atoms with Gasteiger partial charge in [-0.05, 0) is 80.2 Å². The van der Waals surface area contributed by atoms with E-state index >= 15 is 0 Å². The lowest BCUT2D eigenvalue weighted by atomic mass is 9.51. The molecular formula is C17H24NO4PS. The number of anilines is 1. The molecular weight excluding hydrogens is 345 g/mol. The molecule has 4 aliphatic rings. The van der Waals surface area contributed by atoms with Gasteiger partial charge in [-0.3, -0.25) is 9.36 Å². The van der Waals surface area contributed by atoms with Crippen LogP contribution in [0.4, 0.5) is 5.00 Å². The molecule has 132 valence electrons. The molecule has 5 nitrogen and oxygen atoms in total. The molecule has 24 heavy (non-hydrogen) atoms. The zero-order valence-corrected chi connectivity index (χ0v) is 15.5. The number of carbonyl (C=O) groups is 1. The van der Waals surface area contributed by atoms with Crippen molar-refractivity contribution in [2.75, 3.05) is 11.5 Å². The van der Waals surface area contributed by atoms with Crippen molar-refractivity contribution in [3.63, 3.8) is 0 Å². The molecule has 0 atom stereocenters. The van der Waals surface area contributed by atoms with Crippen LogP contribution in [0.2, 0.25) is 0 Å². The van der Waals surface area contributed by atoms with Crippen molar-refractivity contribution in [1.29, 1.82) is 0 Å². The number of thiophene rings is 1. The molecule has 0 spiro atoms. The molecule has 1 aromatic rings. The quantitative estimate of drug-likeness (QED) is 0.706. The molecule has 3 N–H and O–H groups in total. The van der Waals surface area contributed by atoms with Gasteiger partial charge in [0.05, 0.1) is 5.00 Å². The van der Waals surface area contributed by atoms with Gasteiger partial charge in [0, 0.05) is 4.88 Å². The molecule has 0 aromatic carbocycles. The van der Waals surface area contributed by atoms with Crippen LogP contribution in [0.5, 0.6) is 0 Å². The van der Waals surface area contributed by atoms with E-state index in [9.17, 15) is 9.36 Å². The third-order valence-electron chi connectivity index (χ3n) is 6.15. The van der Waals surface area contributed by atoms with Crippen molar-refractivity contribution in [1.82, 2.24) is 0 Å². The van der Waals surface area contributed by atoms with Gasteiger partial charge in [-0.1, -0.05) is 0 Å². The minimum absolute atomic E-state index is 0.610. The zero-order chi connectivity index (χ0) is 17.1. The second kappa shape index (κ2) is 5.94. The molecule has 0 radical (unpaired) electrons. The van der Waals surface area contributed by atoms with Gasteiger partial charge in [0.15, 0.2) is 0 Å². The monoisotopic (exact) mass is 369 g/mol. The maximum Gasteiger partial charge on any atom is 0.334 e. The number of rotatable bonds is 4. The van der Waals surface area contributed by atoms with Crippen LogP contribution in [-0.4, -0.2) is 21.9 Å². The lowest BCUT2D eigenvalue weighted by molar-refractivity contribution is -0.114. The number of aryl methyl sites for hydroxylation is 1. The van der Waals surface area contributed by atoms with Crippen molar-refractivity contribution in [3.8, 4) is 0 Å². The number of hydrogen-bond acceptors (Lipinski definition) is 3. The highest BCUT2D eigenvalue weighted by atomic mass is 32.1. The molecule has 4 fully saturated rings. The Morgan fingerprint density at radius 2 is 1.79 bits per heavy atom. The summed E-state index contributed by atoms with van der Waals surface area (Å²) in [7, 11) is -4.32. The summed E-state index contributed by atoms with van der Waals surface area (Å²) in [6.45, 7) is 2.10. The van der Waals surface area contributed by atoms with Crippen LogP contribution in [0.15, 0.2) is 6.07 Å². The lowest BCUT2D eigenvalue weighted by Gasteiger charge is -2.54. The highest BCUT2D eigenvalue weighted by Crippen LogP contribution is 2.60. The predicted molar refractivity (Wildman–Crippen MR) is 94.4 cm³/mol. The lowest BCUT2D eigenvalue weighted by Crippen LogP contribution is -2.43. The third kappa shape index (κ3) is 3.22. The molecule has 0 aliphatic heterocycles. The largest absolute Gasteiger partial charge is 0.334 e. The van der Waals surface area contributed by atoms with Crippen LogP contribution >= 0.6 is 18.9 Å². The predicted octanol–water partition coefficient (Wildman–Crippen LogP) is 3.71. The van der Waals surface area contributed by atoms with Gasteiger partial charge in [0.25, 0.3) is 0 Å². The van der Waals surface area contributed by atoms with Crippen LogP contribution in [0.1, 0.15) is 48.5 Å². The average Bonchev–Trinajstić information content (AvgIpc) is 2.75. The Hall–Kier alpha value is -0.680. The Labute approximate surface area is 146 Å². The summed E-state index contributed by atoms with van der Waals surface area (Å²) in [6, 6.07) is 2.06. The van der Waals surface area contributed by atoms with E-state index in [-0.39, 0.29) is 0 Å². The van der Waals surface area contributed by atoms with Gasteiger partial charge >= 0.3 is 7.60 Å². The van der Waals surface area contributed by atoms with E-state index in [4.69, 9.17) is 9.79 Å². The number of carbonyl (C=O) groups excluding carboxylic acids is 1. The number of amides is 1. The Morgan fingerprint density at radius 1 is 1.21 bits per heavy atom. The maximum atomic E-state index is 11.8. The van der Waals surface area contributed by atoms with E-state index < -0.39 is 19.7 Å². The summed E-state index contributed by atoms with van der Waals surface area (Å²) in [5, 5.41) is 3.39. The molecule has 1 heterocycles. The molecule has 4 saturated carbocycles. The van der Waals surface area contributed by atoms with Crippen LogP contribution in [0.3, 0.4) is 0 Å². The van der Waals surface area contributed by atoms with E-state index in [2.05, 4.69) is 18.3 Å². The number of hydrogen-bond donors (Lipinski definition) is 3. The van der Waals surface area contributed by atoms with E-state index in [0.29, 0.717) is 5.92 Å². The van der Waals surface area contributed by atoms with E-state index in [1.807, 2.05) is 0 Å². The molecule has 1 aromatic heterocycles. The smallest absolute Gasteiger partial charge is 0.324 e. The van der Waals surface area contributed by atoms with E-state index in [1.54, 1.807) is 0 Å². The van der Waals surface area contributed by atoms with Crippen LogP contribution in [-0.2, 0) is 9.36 Å². The van der Waals surface area contributed by atoms with Crippen LogP contribution < -0.4 is 5.32 Å². The first kappa shape index (κ1) is 16.8. The molecule has 0 saturated heterocycles. The fourth-order valence-corrected chi connectivity index (χ4v) is 7.13. The third-order valence-corrected chi connectivity index (χ3v) is 7.84. The normalized spacial score (nSPS) is 34.5. The van der Waals surface area contributed by atoms with E-state index in [1.165, 1.54) is 53.9 Å². The maximum absolute atomic E-state index is 11.8. The summed E-state index contributed by atoms with van der Waals surface area (Å²) >= 11 is 1.53. The fraction of sp³-hybridized carbons (Fsp3) is 0.706. The van der Waals surface area contributed by atoms with Gasteiger partial charge < -0.3 is 15.1 Å². The Balaban J connectivity index is 1.52. The molecule has 1 amide bonds.